The van der Waals surface area contributed by atoms with Crippen molar-refractivity contribution < 1.29 is 0 Å². The molecule has 0 fully saturated rings. The van der Waals surface area contributed by atoms with E-state index in [1.165, 1.54) is 11.1 Å². The minimum absolute atomic E-state index is 1.09. The topological polar surface area (TPSA) is 0 Å². The smallest absolute Gasteiger partial charge is 0.0139 e. The van der Waals surface area contributed by atoms with Gasteiger partial charge in [0.25, 0.3) is 0 Å². The number of unbranched alkanes of at least 4 members (excludes halogenated alkanes) is 1. The first-order valence-electron chi connectivity index (χ1n) is 4.56. The molecule has 0 bridgehead atoms. The second kappa shape index (κ2) is 6.90. The van der Waals surface area contributed by atoms with Gasteiger partial charge in [0.1, 0.15) is 0 Å². The van der Waals surface area contributed by atoms with E-state index in [1.807, 2.05) is 6.08 Å². The molecule has 0 aliphatic rings. The van der Waals surface area contributed by atoms with Crippen molar-refractivity contribution >= 4 is 0 Å². The Morgan fingerprint density at radius 2 is 1.75 bits per heavy atom. The first kappa shape index (κ1) is 11.2. The van der Waals surface area contributed by atoms with Gasteiger partial charge < -0.3 is 0 Å². The van der Waals surface area contributed by atoms with Gasteiger partial charge in [-0.3, -0.25) is 0 Å². The summed E-state index contributed by atoms with van der Waals surface area (Å²) < 4.78 is 0. The van der Waals surface area contributed by atoms with Crippen LogP contribution in [0.1, 0.15) is 40.0 Å². The standard InChI is InChI=1S/C12H20/c1-5-6-7-8-12(4)10-9-11(2)3/h5,8-9H,1,6-7,10H2,2-4H3. The van der Waals surface area contributed by atoms with Gasteiger partial charge in [0.2, 0.25) is 0 Å². The summed E-state index contributed by atoms with van der Waals surface area (Å²) in [6.45, 7) is 10.1. The molecule has 0 aromatic carbocycles. The molecule has 0 nitrogen and oxygen atoms in total. The van der Waals surface area contributed by atoms with Crippen LogP contribution in [0.5, 0.6) is 0 Å². The third-order valence-electron chi connectivity index (χ3n) is 1.70. The van der Waals surface area contributed by atoms with Gasteiger partial charge in [0.05, 0.1) is 0 Å². The van der Waals surface area contributed by atoms with Crippen molar-refractivity contribution in [3.8, 4) is 0 Å². The van der Waals surface area contributed by atoms with Crippen molar-refractivity contribution in [2.45, 2.75) is 40.0 Å². The van der Waals surface area contributed by atoms with E-state index < -0.39 is 0 Å². The number of hydrogen-bond acceptors (Lipinski definition) is 0. The van der Waals surface area contributed by atoms with Gasteiger partial charge in [-0.25, -0.2) is 0 Å². The minimum Gasteiger partial charge on any atom is -0.103 e. The van der Waals surface area contributed by atoms with Crippen LogP contribution in [-0.4, -0.2) is 0 Å². The third-order valence-corrected chi connectivity index (χ3v) is 1.70. The SMILES string of the molecule is C=CCCC=C(C)CC=C(C)C. The Bertz CT molecular complexity index is 178. The van der Waals surface area contributed by atoms with Crippen molar-refractivity contribution in [2.75, 3.05) is 0 Å². The number of rotatable bonds is 5. The summed E-state index contributed by atoms with van der Waals surface area (Å²) >= 11 is 0. The first-order valence-corrected chi connectivity index (χ1v) is 4.56. The zero-order valence-electron chi connectivity index (χ0n) is 8.56. The molecule has 0 aliphatic heterocycles. The Morgan fingerprint density at radius 3 is 2.25 bits per heavy atom. The molecule has 0 spiro atoms. The second-order valence-corrected chi connectivity index (χ2v) is 3.40. The molecular weight excluding hydrogens is 144 g/mol. The molecule has 0 radical (unpaired) electrons. The molecule has 0 rings (SSSR count). The Balaban J connectivity index is 3.70. The Kier molecular flexibility index (Phi) is 6.45. The molecule has 0 saturated heterocycles. The van der Waals surface area contributed by atoms with Crippen LogP contribution in [-0.2, 0) is 0 Å². The molecule has 0 heterocycles. The molecule has 0 aromatic rings. The van der Waals surface area contributed by atoms with Crippen molar-refractivity contribution in [2.24, 2.45) is 0 Å². The van der Waals surface area contributed by atoms with Crippen molar-refractivity contribution in [3.05, 3.63) is 36.0 Å². The summed E-state index contributed by atoms with van der Waals surface area (Å²) in [6.07, 6.45) is 9.84. The van der Waals surface area contributed by atoms with Crippen LogP contribution in [0.4, 0.5) is 0 Å². The predicted molar refractivity (Wildman–Crippen MR) is 57.2 cm³/mol. The molecule has 0 unspecified atom stereocenters. The lowest BCUT2D eigenvalue weighted by atomic mass is 10.1. The van der Waals surface area contributed by atoms with E-state index in [0.717, 1.165) is 19.3 Å². The highest BCUT2D eigenvalue weighted by atomic mass is 13.9. The largest absolute Gasteiger partial charge is 0.103 e. The van der Waals surface area contributed by atoms with Crippen molar-refractivity contribution in [3.63, 3.8) is 0 Å². The van der Waals surface area contributed by atoms with Crippen LogP contribution < -0.4 is 0 Å². The van der Waals surface area contributed by atoms with Gasteiger partial charge >= 0.3 is 0 Å². The van der Waals surface area contributed by atoms with E-state index in [1.54, 1.807) is 0 Å². The lowest BCUT2D eigenvalue weighted by molar-refractivity contribution is 1.02. The van der Waals surface area contributed by atoms with E-state index in [0.29, 0.717) is 0 Å². The third kappa shape index (κ3) is 7.33. The summed E-state index contributed by atoms with van der Waals surface area (Å²) in [7, 11) is 0. The molecule has 12 heavy (non-hydrogen) atoms. The van der Waals surface area contributed by atoms with Gasteiger partial charge in [0.15, 0.2) is 0 Å². The fourth-order valence-corrected chi connectivity index (χ4v) is 0.896. The zero-order chi connectivity index (χ0) is 9.40. The Morgan fingerprint density at radius 1 is 1.08 bits per heavy atom. The number of hydrogen-bond donors (Lipinski definition) is 0. The van der Waals surface area contributed by atoms with E-state index in [-0.39, 0.29) is 0 Å². The van der Waals surface area contributed by atoms with Crippen LogP contribution in [0.25, 0.3) is 0 Å². The van der Waals surface area contributed by atoms with Crippen molar-refractivity contribution in [1.29, 1.82) is 0 Å². The molecule has 0 saturated carbocycles. The predicted octanol–water partition coefficient (Wildman–Crippen LogP) is 4.26. The van der Waals surface area contributed by atoms with Crippen molar-refractivity contribution in [1.82, 2.24) is 0 Å². The maximum atomic E-state index is 3.69. The van der Waals surface area contributed by atoms with Crippen LogP contribution in [0, 0.1) is 0 Å². The monoisotopic (exact) mass is 164 g/mol. The fourth-order valence-electron chi connectivity index (χ4n) is 0.896. The summed E-state index contributed by atoms with van der Waals surface area (Å²) in [4.78, 5) is 0. The van der Waals surface area contributed by atoms with Gasteiger partial charge in [-0.1, -0.05) is 29.4 Å². The first-order chi connectivity index (χ1) is 5.66. The normalized spacial score (nSPS) is 11.1. The Hall–Kier alpha value is -0.780. The molecule has 0 amide bonds. The molecule has 0 heteroatoms. The van der Waals surface area contributed by atoms with Crippen LogP contribution in [0.3, 0.4) is 0 Å². The highest BCUT2D eigenvalue weighted by molar-refractivity contribution is 5.07. The average Bonchev–Trinajstić information content (AvgIpc) is 2.01. The molecule has 0 atom stereocenters. The highest BCUT2D eigenvalue weighted by Crippen LogP contribution is 2.06. The van der Waals surface area contributed by atoms with Crippen LogP contribution in [0.2, 0.25) is 0 Å². The molecular formula is C12H20. The summed E-state index contributed by atoms with van der Waals surface area (Å²) in [5.74, 6) is 0. The Labute approximate surface area is 76.7 Å². The van der Waals surface area contributed by atoms with E-state index in [2.05, 4.69) is 39.5 Å². The van der Waals surface area contributed by atoms with Gasteiger partial charge in [-0.15, -0.1) is 6.58 Å². The number of allylic oxidation sites excluding steroid dienone is 5. The maximum absolute atomic E-state index is 3.69. The summed E-state index contributed by atoms with van der Waals surface area (Å²) in [5.41, 5.74) is 2.85. The van der Waals surface area contributed by atoms with Crippen LogP contribution in [0.15, 0.2) is 36.0 Å². The highest BCUT2D eigenvalue weighted by Gasteiger charge is 1.85. The lowest BCUT2D eigenvalue weighted by Gasteiger charge is -1.96. The van der Waals surface area contributed by atoms with E-state index >= 15 is 0 Å². The van der Waals surface area contributed by atoms with E-state index in [4.69, 9.17) is 0 Å². The molecule has 0 N–H and O–H groups in total. The van der Waals surface area contributed by atoms with Gasteiger partial charge in [-0.2, -0.15) is 0 Å². The van der Waals surface area contributed by atoms with E-state index in [9.17, 15) is 0 Å². The summed E-state index contributed by atoms with van der Waals surface area (Å²) in [5, 5.41) is 0. The minimum atomic E-state index is 1.09. The molecule has 0 aromatic heterocycles. The van der Waals surface area contributed by atoms with Crippen LogP contribution >= 0.6 is 0 Å². The molecule has 68 valence electrons. The maximum Gasteiger partial charge on any atom is -0.0139 e. The molecule has 0 aliphatic carbocycles. The zero-order valence-corrected chi connectivity index (χ0v) is 8.56. The second-order valence-electron chi connectivity index (χ2n) is 3.40. The van der Waals surface area contributed by atoms with Gasteiger partial charge in [-0.05, 0) is 40.0 Å². The summed E-state index contributed by atoms with van der Waals surface area (Å²) in [6, 6.07) is 0. The average molecular weight is 164 g/mol. The fraction of sp³-hybridized carbons (Fsp3) is 0.500. The quantitative estimate of drug-likeness (QED) is 0.421. The van der Waals surface area contributed by atoms with Gasteiger partial charge in [0, 0.05) is 0 Å². The lowest BCUT2D eigenvalue weighted by Crippen LogP contribution is -1.75.